The van der Waals surface area contributed by atoms with Crippen molar-refractivity contribution in [1.82, 2.24) is 20.4 Å². The SMILES string of the molecule is CCNC(=NCC1CCN(CCc2ccccc2)C1)NCCN(C)CCCOC.I. The smallest absolute Gasteiger partial charge is 0.191 e. The van der Waals surface area contributed by atoms with Crippen molar-refractivity contribution in [3.8, 4) is 0 Å². The second kappa shape index (κ2) is 16.8. The molecule has 0 radical (unpaired) electrons. The molecule has 1 unspecified atom stereocenters. The van der Waals surface area contributed by atoms with Gasteiger partial charge >= 0.3 is 0 Å². The number of halogens is 1. The Hall–Kier alpha value is -0.900. The van der Waals surface area contributed by atoms with Gasteiger partial charge in [-0.1, -0.05) is 30.3 Å². The monoisotopic (exact) mass is 531 g/mol. The van der Waals surface area contributed by atoms with Gasteiger partial charge in [0.1, 0.15) is 0 Å². The van der Waals surface area contributed by atoms with Crippen LogP contribution in [0.3, 0.4) is 0 Å². The molecule has 2 rings (SSSR count). The summed E-state index contributed by atoms with van der Waals surface area (Å²) in [5.41, 5.74) is 1.43. The minimum Gasteiger partial charge on any atom is -0.385 e. The number of likely N-dealkylation sites (tertiary alicyclic amines) is 1. The summed E-state index contributed by atoms with van der Waals surface area (Å²) < 4.78 is 5.12. The number of likely N-dealkylation sites (N-methyl/N-ethyl adjacent to an activating group) is 1. The molecule has 7 heteroatoms. The summed E-state index contributed by atoms with van der Waals surface area (Å²) in [4.78, 5) is 9.77. The minimum atomic E-state index is 0. The van der Waals surface area contributed by atoms with Crippen LogP contribution in [0.25, 0.3) is 0 Å². The van der Waals surface area contributed by atoms with Gasteiger partial charge in [0.25, 0.3) is 0 Å². The molecule has 0 amide bonds. The topological polar surface area (TPSA) is 52.1 Å². The van der Waals surface area contributed by atoms with Crippen molar-refractivity contribution in [2.24, 2.45) is 10.9 Å². The van der Waals surface area contributed by atoms with Crippen LogP contribution in [0.5, 0.6) is 0 Å². The molecule has 1 aromatic rings. The van der Waals surface area contributed by atoms with Crippen LogP contribution in [0, 0.1) is 5.92 Å². The highest BCUT2D eigenvalue weighted by molar-refractivity contribution is 14.0. The lowest BCUT2D eigenvalue weighted by molar-refractivity contribution is 0.180. The zero-order valence-corrected chi connectivity index (χ0v) is 21.4. The molecule has 1 heterocycles. The molecule has 0 aromatic heterocycles. The van der Waals surface area contributed by atoms with Crippen LogP contribution in [0.4, 0.5) is 0 Å². The van der Waals surface area contributed by atoms with Crippen LogP contribution in [0.2, 0.25) is 0 Å². The molecule has 1 aromatic carbocycles. The first-order chi connectivity index (χ1) is 14.2. The number of methoxy groups -OCH3 is 1. The van der Waals surface area contributed by atoms with Gasteiger partial charge in [-0.05, 0) is 51.3 Å². The van der Waals surface area contributed by atoms with Crippen molar-refractivity contribution in [2.45, 2.75) is 26.2 Å². The fraction of sp³-hybridized carbons (Fsp3) is 0.696. The van der Waals surface area contributed by atoms with Gasteiger partial charge in [-0.15, -0.1) is 24.0 Å². The Balaban J connectivity index is 0.00000450. The summed E-state index contributed by atoms with van der Waals surface area (Å²) in [6.45, 7) is 11.2. The molecule has 30 heavy (non-hydrogen) atoms. The Morgan fingerprint density at radius 2 is 2.03 bits per heavy atom. The fourth-order valence-corrected chi connectivity index (χ4v) is 3.71. The number of rotatable bonds is 13. The minimum absolute atomic E-state index is 0. The Kier molecular flexibility index (Phi) is 15.2. The lowest BCUT2D eigenvalue weighted by Crippen LogP contribution is -2.41. The average molecular weight is 532 g/mol. The van der Waals surface area contributed by atoms with Crippen molar-refractivity contribution in [3.05, 3.63) is 35.9 Å². The van der Waals surface area contributed by atoms with E-state index >= 15 is 0 Å². The van der Waals surface area contributed by atoms with E-state index in [0.29, 0.717) is 5.92 Å². The number of nitrogens with one attached hydrogen (secondary N) is 2. The molecule has 172 valence electrons. The summed E-state index contributed by atoms with van der Waals surface area (Å²) in [5, 5.41) is 6.85. The molecule has 0 bridgehead atoms. The zero-order chi connectivity index (χ0) is 20.7. The molecule has 0 aliphatic carbocycles. The van der Waals surface area contributed by atoms with Crippen LogP contribution in [0.1, 0.15) is 25.3 Å². The van der Waals surface area contributed by atoms with Crippen LogP contribution in [-0.4, -0.2) is 88.9 Å². The number of aliphatic imine (C=N–C) groups is 1. The summed E-state index contributed by atoms with van der Waals surface area (Å²) >= 11 is 0. The standard InChI is InChI=1S/C23H41N5O.HI/c1-4-24-23(25-13-17-27(2)14-8-18-29-3)26-19-22-12-16-28(20-22)15-11-21-9-6-5-7-10-21;/h5-7,9-10,22H,4,8,11-20H2,1-3H3,(H2,24,25,26);1H. The molecule has 1 fully saturated rings. The molecule has 1 aliphatic rings. The van der Waals surface area contributed by atoms with E-state index in [0.717, 1.165) is 71.2 Å². The maximum atomic E-state index is 5.12. The maximum absolute atomic E-state index is 5.12. The average Bonchev–Trinajstić information content (AvgIpc) is 3.19. The Morgan fingerprint density at radius 1 is 1.23 bits per heavy atom. The van der Waals surface area contributed by atoms with E-state index < -0.39 is 0 Å². The third kappa shape index (κ3) is 11.5. The lowest BCUT2D eigenvalue weighted by atomic mass is 10.1. The maximum Gasteiger partial charge on any atom is 0.191 e. The van der Waals surface area contributed by atoms with Crippen molar-refractivity contribution < 1.29 is 4.74 Å². The van der Waals surface area contributed by atoms with Gasteiger partial charge in [-0.25, -0.2) is 0 Å². The molecular weight excluding hydrogens is 489 g/mol. The van der Waals surface area contributed by atoms with Crippen molar-refractivity contribution >= 4 is 29.9 Å². The highest BCUT2D eigenvalue weighted by Crippen LogP contribution is 2.17. The third-order valence-electron chi connectivity index (χ3n) is 5.46. The van der Waals surface area contributed by atoms with Crippen LogP contribution in [-0.2, 0) is 11.2 Å². The molecule has 0 spiro atoms. The highest BCUT2D eigenvalue weighted by atomic mass is 127. The van der Waals surface area contributed by atoms with Gasteiger partial charge in [0.05, 0.1) is 0 Å². The van der Waals surface area contributed by atoms with E-state index in [1.807, 2.05) is 0 Å². The number of benzene rings is 1. The Labute approximate surface area is 200 Å². The third-order valence-corrected chi connectivity index (χ3v) is 5.46. The first-order valence-corrected chi connectivity index (χ1v) is 11.2. The molecular formula is C23H42IN5O. The highest BCUT2D eigenvalue weighted by Gasteiger charge is 2.21. The lowest BCUT2D eigenvalue weighted by Gasteiger charge is -2.18. The van der Waals surface area contributed by atoms with Gasteiger partial charge in [0, 0.05) is 59.5 Å². The normalized spacial score (nSPS) is 17.2. The zero-order valence-electron chi connectivity index (χ0n) is 19.1. The van der Waals surface area contributed by atoms with E-state index in [9.17, 15) is 0 Å². The van der Waals surface area contributed by atoms with Crippen LogP contribution < -0.4 is 10.6 Å². The van der Waals surface area contributed by atoms with E-state index in [1.165, 1.54) is 18.5 Å². The Bertz CT molecular complexity index is 572. The summed E-state index contributed by atoms with van der Waals surface area (Å²) in [6.07, 6.45) is 3.46. The molecule has 6 nitrogen and oxygen atoms in total. The predicted octanol–water partition coefficient (Wildman–Crippen LogP) is 2.69. The summed E-state index contributed by atoms with van der Waals surface area (Å²) in [7, 11) is 3.91. The number of hydrogen-bond acceptors (Lipinski definition) is 4. The van der Waals surface area contributed by atoms with Crippen LogP contribution >= 0.6 is 24.0 Å². The first kappa shape index (κ1) is 27.1. The molecule has 1 aliphatic heterocycles. The fourth-order valence-electron chi connectivity index (χ4n) is 3.71. The number of nitrogens with zero attached hydrogens (tertiary/aromatic N) is 3. The van der Waals surface area contributed by atoms with E-state index in [1.54, 1.807) is 7.11 Å². The van der Waals surface area contributed by atoms with Crippen LogP contribution in [0.15, 0.2) is 35.3 Å². The Morgan fingerprint density at radius 3 is 2.77 bits per heavy atom. The van der Waals surface area contributed by atoms with Gasteiger partial charge in [-0.2, -0.15) is 0 Å². The van der Waals surface area contributed by atoms with E-state index in [2.05, 4.69) is 64.7 Å². The van der Waals surface area contributed by atoms with Crippen molar-refractivity contribution in [1.29, 1.82) is 0 Å². The second-order valence-electron chi connectivity index (χ2n) is 7.99. The molecule has 0 saturated carbocycles. The summed E-state index contributed by atoms with van der Waals surface area (Å²) in [5.74, 6) is 1.61. The van der Waals surface area contributed by atoms with E-state index in [-0.39, 0.29) is 24.0 Å². The second-order valence-corrected chi connectivity index (χ2v) is 7.99. The van der Waals surface area contributed by atoms with Crippen molar-refractivity contribution in [3.63, 3.8) is 0 Å². The van der Waals surface area contributed by atoms with Crippen molar-refractivity contribution in [2.75, 3.05) is 73.1 Å². The van der Waals surface area contributed by atoms with Gasteiger partial charge in [-0.3, -0.25) is 4.99 Å². The van der Waals surface area contributed by atoms with E-state index in [4.69, 9.17) is 9.73 Å². The molecule has 2 N–H and O–H groups in total. The first-order valence-electron chi connectivity index (χ1n) is 11.2. The summed E-state index contributed by atoms with van der Waals surface area (Å²) in [6, 6.07) is 10.8. The van der Waals surface area contributed by atoms with Gasteiger partial charge in [0.15, 0.2) is 5.96 Å². The number of hydrogen-bond donors (Lipinski definition) is 2. The number of guanidine groups is 1. The van der Waals surface area contributed by atoms with Gasteiger partial charge in [0.2, 0.25) is 0 Å². The largest absolute Gasteiger partial charge is 0.385 e. The number of ether oxygens (including phenoxy) is 1. The van der Waals surface area contributed by atoms with Gasteiger partial charge < -0.3 is 25.2 Å². The predicted molar refractivity (Wildman–Crippen MR) is 138 cm³/mol. The molecule has 1 saturated heterocycles. The quantitative estimate of drug-likeness (QED) is 0.178. The molecule has 1 atom stereocenters.